The topological polar surface area (TPSA) is 55.9 Å². The van der Waals surface area contributed by atoms with E-state index in [1.807, 2.05) is 19.9 Å². The maximum atomic E-state index is 13.8. The molecule has 0 spiro atoms. The van der Waals surface area contributed by atoms with Crippen LogP contribution in [0.3, 0.4) is 0 Å². The number of hydrogen-bond donors (Lipinski definition) is 2. The Kier molecular flexibility index (Phi) is 3.23. The van der Waals surface area contributed by atoms with E-state index in [1.54, 1.807) is 17.8 Å². The van der Waals surface area contributed by atoms with Crippen molar-refractivity contribution in [2.45, 2.75) is 20.3 Å². The summed E-state index contributed by atoms with van der Waals surface area (Å²) in [5, 5.41) is 7.27. The number of rotatable bonds is 3. The van der Waals surface area contributed by atoms with Crippen LogP contribution in [0.5, 0.6) is 0 Å². The van der Waals surface area contributed by atoms with Gasteiger partial charge in [0, 0.05) is 7.05 Å². The van der Waals surface area contributed by atoms with Gasteiger partial charge in [-0.3, -0.25) is 4.68 Å². The van der Waals surface area contributed by atoms with Gasteiger partial charge < -0.3 is 11.1 Å². The first-order valence-corrected chi connectivity index (χ1v) is 5.87. The Morgan fingerprint density at radius 2 is 2.17 bits per heavy atom. The van der Waals surface area contributed by atoms with Gasteiger partial charge in [0.25, 0.3) is 0 Å². The van der Waals surface area contributed by atoms with Gasteiger partial charge in [-0.15, -0.1) is 0 Å². The normalized spacial score (nSPS) is 10.7. The predicted molar refractivity (Wildman–Crippen MR) is 71.4 cm³/mol. The molecule has 5 heteroatoms. The fraction of sp³-hybridized carbons (Fsp3) is 0.308. The minimum Gasteiger partial charge on any atom is -0.394 e. The Morgan fingerprint density at radius 3 is 2.72 bits per heavy atom. The van der Waals surface area contributed by atoms with Gasteiger partial charge >= 0.3 is 0 Å². The highest BCUT2D eigenvalue weighted by Gasteiger charge is 2.13. The van der Waals surface area contributed by atoms with Crippen molar-refractivity contribution in [1.29, 1.82) is 0 Å². The second-order valence-corrected chi connectivity index (χ2v) is 4.29. The molecular formula is C13H17FN4. The van der Waals surface area contributed by atoms with Gasteiger partial charge in [-0.25, -0.2) is 4.39 Å². The van der Waals surface area contributed by atoms with Crippen LogP contribution in [-0.2, 0) is 13.5 Å². The Balaban J connectivity index is 2.37. The van der Waals surface area contributed by atoms with Crippen molar-refractivity contribution in [2.75, 3.05) is 11.1 Å². The molecule has 1 aromatic heterocycles. The Hall–Kier alpha value is -2.04. The fourth-order valence-electron chi connectivity index (χ4n) is 1.85. The lowest BCUT2D eigenvalue weighted by Gasteiger charge is -2.09. The lowest BCUT2D eigenvalue weighted by Crippen LogP contribution is -2.02. The molecule has 3 N–H and O–H groups in total. The third kappa shape index (κ3) is 2.16. The molecule has 0 atom stereocenters. The maximum absolute atomic E-state index is 13.8. The highest BCUT2D eigenvalue weighted by atomic mass is 19.1. The summed E-state index contributed by atoms with van der Waals surface area (Å²) in [7, 11) is 1.78. The minimum atomic E-state index is -0.298. The molecule has 0 unspecified atom stereocenters. The fourth-order valence-corrected chi connectivity index (χ4v) is 1.85. The average Bonchev–Trinajstić information content (AvgIpc) is 2.59. The zero-order valence-electron chi connectivity index (χ0n) is 10.8. The van der Waals surface area contributed by atoms with Crippen LogP contribution in [0.25, 0.3) is 0 Å². The number of nitrogens with one attached hydrogen (secondary N) is 1. The summed E-state index contributed by atoms with van der Waals surface area (Å²) in [4.78, 5) is 0. The van der Waals surface area contributed by atoms with E-state index in [-0.39, 0.29) is 5.82 Å². The number of halogens is 1. The number of nitrogen functional groups attached to an aromatic ring is 1. The van der Waals surface area contributed by atoms with E-state index in [2.05, 4.69) is 10.4 Å². The maximum Gasteiger partial charge on any atom is 0.152 e. The van der Waals surface area contributed by atoms with E-state index in [0.717, 1.165) is 17.7 Å². The third-order valence-electron chi connectivity index (χ3n) is 2.87. The van der Waals surface area contributed by atoms with Crippen LogP contribution in [0, 0.1) is 12.7 Å². The number of aromatic nitrogens is 2. The highest BCUT2D eigenvalue weighted by molar-refractivity contribution is 5.71. The molecule has 0 fully saturated rings. The second-order valence-electron chi connectivity index (χ2n) is 4.29. The summed E-state index contributed by atoms with van der Waals surface area (Å²) in [6.45, 7) is 3.83. The summed E-state index contributed by atoms with van der Waals surface area (Å²) in [5.74, 6) is 0.322. The van der Waals surface area contributed by atoms with Crippen LogP contribution in [0.1, 0.15) is 18.2 Å². The highest BCUT2D eigenvalue weighted by Crippen LogP contribution is 2.27. The first kappa shape index (κ1) is 12.4. The van der Waals surface area contributed by atoms with E-state index >= 15 is 0 Å². The first-order chi connectivity index (χ1) is 8.52. The molecule has 0 bridgehead atoms. The second kappa shape index (κ2) is 4.68. The minimum absolute atomic E-state index is 0.298. The molecule has 0 saturated heterocycles. The van der Waals surface area contributed by atoms with Gasteiger partial charge in [0.1, 0.15) is 5.82 Å². The van der Waals surface area contributed by atoms with Crippen LogP contribution in [-0.4, -0.2) is 9.78 Å². The van der Waals surface area contributed by atoms with Gasteiger partial charge in [0.05, 0.1) is 17.1 Å². The number of anilines is 3. The van der Waals surface area contributed by atoms with Crippen molar-refractivity contribution in [3.8, 4) is 0 Å². The molecule has 0 aliphatic heterocycles. The molecular weight excluding hydrogens is 231 g/mol. The van der Waals surface area contributed by atoms with Crippen LogP contribution in [0.2, 0.25) is 0 Å². The van der Waals surface area contributed by atoms with Gasteiger partial charge in [-0.05, 0) is 31.0 Å². The van der Waals surface area contributed by atoms with E-state index in [1.165, 1.54) is 6.07 Å². The summed E-state index contributed by atoms with van der Waals surface area (Å²) in [6.07, 6.45) is 0.748. The number of benzene rings is 1. The van der Waals surface area contributed by atoms with Gasteiger partial charge in [-0.1, -0.05) is 13.0 Å². The molecule has 1 heterocycles. The van der Waals surface area contributed by atoms with Crippen LogP contribution in [0.15, 0.2) is 18.2 Å². The SMILES string of the molecule is CCc1nn(C)c(Nc2ccc(C)cc2F)c1N. The van der Waals surface area contributed by atoms with Gasteiger partial charge in [0.2, 0.25) is 0 Å². The molecule has 18 heavy (non-hydrogen) atoms. The van der Waals surface area contributed by atoms with Gasteiger partial charge in [-0.2, -0.15) is 5.10 Å². The molecule has 0 amide bonds. The molecule has 2 aromatic rings. The Morgan fingerprint density at radius 1 is 1.44 bits per heavy atom. The number of nitrogens with zero attached hydrogens (tertiary/aromatic N) is 2. The molecule has 0 aliphatic carbocycles. The summed E-state index contributed by atoms with van der Waals surface area (Å²) in [5.41, 5.74) is 8.64. The Labute approximate surface area is 106 Å². The molecule has 4 nitrogen and oxygen atoms in total. The summed E-state index contributed by atoms with van der Waals surface area (Å²) >= 11 is 0. The van der Waals surface area contributed by atoms with Crippen molar-refractivity contribution in [2.24, 2.45) is 7.05 Å². The van der Waals surface area contributed by atoms with Crippen molar-refractivity contribution in [3.63, 3.8) is 0 Å². The molecule has 96 valence electrons. The zero-order chi connectivity index (χ0) is 13.3. The number of hydrogen-bond acceptors (Lipinski definition) is 3. The van der Waals surface area contributed by atoms with Crippen LogP contribution in [0.4, 0.5) is 21.6 Å². The quantitative estimate of drug-likeness (QED) is 0.878. The van der Waals surface area contributed by atoms with E-state index in [0.29, 0.717) is 17.2 Å². The van der Waals surface area contributed by atoms with E-state index < -0.39 is 0 Å². The van der Waals surface area contributed by atoms with Gasteiger partial charge in [0.15, 0.2) is 5.82 Å². The van der Waals surface area contributed by atoms with Crippen LogP contribution < -0.4 is 11.1 Å². The largest absolute Gasteiger partial charge is 0.394 e. The van der Waals surface area contributed by atoms with E-state index in [4.69, 9.17) is 5.73 Å². The monoisotopic (exact) mass is 248 g/mol. The lowest BCUT2D eigenvalue weighted by atomic mass is 10.2. The number of nitrogens with two attached hydrogens (primary N) is 1. The van der Waals surface area contributed by atoms with Crippen molar-refractivity contribution < 1.29 is 4.39 Å². The third-order valence-corrected chi connectivity index (χ3v) is 2.87. The lowest BCUT2D eigenvalue weighted by molar-refractivity contribution is 0.630. The van der Waals surface area contributed by atoms with Crippen molar-refractivity contribution in [3.05, 3.63) is 35.3 Å². The zero-order valence-corrected chi connectivity index (χ0v) is 10.8. The predicted octanol–water partition coefficient (Wildman–Crippen LogP) is 2.76. The molecule has 0 radical (unpaired) electrons. The summed E-state index contributed by atoms with van der Waals surface area (Å²) in [6, 6.07) is 5.02. The van der Waals surface area contributed by atoms with Crippen molar-refractivity contribution >= 4 is 17.2 Å². The molecule has 0 aliphatic rings. The molecule has 1 aromatic carbocycles. The van der Waals surface area contributed by atoms with Crippen molar-refractivity contribution in [1.82, 2.24) is 9.78 Å². The standard InChI is InChI=1S/C13H17FN4/c1-4-10-12(15)13(18(3)17-10)16-11-6-5-8(2)7-9(11)14/h5-7,16H,4,15H2,1-3H3. The molecule has 2 rings (SSSR count). The first-order valence-electron chi connectivity index (χ1n) is 5.87. The van der Waals surface area contributed by atoms with E-state index in [9.17, 15) is 4.39 Å². The summed E-state index contributed by atoms with van der Waals surface area (Å²) < 4.78 is 15.4. The molecule has 0 saturated carbocycles. The Bertz CT molecular complexity index is 575. The average molecular weight is 248 g/mol. The number of aryl methyl sites for hydroxylation is 3. The smallest absolute Gasteiger partial charge is 0.152 e. The van der Waals surface area contributed by atoms with Crippen LogP contribution >= 0.6 is 0 Å².